The van der Waals surface area contributed by atoms with E-state index < -0.39 is 5.97 Å². The Bertz CT molecular complexity index is 889. The number of carboxylic acid groups (broad SMARTS) is 1. The number of carboxylic acids is 1. The van der Waals surface area contributed by atoms with E-state index in [0.29, 0.717) is 26.0 Å². The molecule has 0 aliphatic carbocycles. The molecule has 5 nitrogen and oxygen atoms in total. The van der Waals surface area contributed by atoms with Crippen LogP contribution in [0.3, 0.4) is 0 Å². The molecular weight excluding hydrogens is 352 g/mol. The molecule has 148 valence electrons. The Morgan fingerprint density at radius 3 is 2.71 bits per heavy atom. The number of nitrogens with one attached hydrogen (secondary N) is 1. The maximum absolute atomic E-state index is 11.5. The molecule has 3 rings (SSSR count). The molecule has 2 aromatic carbocycles. The third kappa shape index (κ3) is 5.36. The van der Waals surface area contributed by atoms with Crippen molar-refractivity contribution in [2.24, 2.45) is 11.7 Å². The standard InChI is InChI=1S/C23H28N2O3/c24-12-11-19-16-25-22-10-9-20(15-21(19)22)28-13-5-4-8-18(23(26)27)14-17-6-2-1-3-7-17/h1-3,6-7,9-10,15-16,18,25H,4-5,8,11-14,24H2,(H,26,27). The number of benzene rings is 2. The van der Waals surface area contributed by atoms with Gasteiger partial charge in [0.15, 0.2) is 0 Å². The third-order valence-electron chi connectivity index (χ3n) is 5.04. The molecule has 1 aromatic heterocycles. The average molecular weight is 380 g/mol. The van der Waals surface area contributed by atoms with E-state index >= 15 is 0 Å². The van der Waals surface area contributed by atoms with Crippen molar-refractivity contribution in [1.29, 1.82) is 0 Å². The minimum atomic E-state index is -0.727. The van der Waals surface area contributed by atoms with Crippen LogP contribution in [-0.2, 0) is 17.6 Å². The first-order valence-corrected chi connectivity index (χ1v) is 9.87. The molecule has 0 aliphatic heterocycles. The average Bonchev–Trinajstić information content (AvgIpc) is 3.10. The second kappa shape index (κ2) is 9.95. The van der Waals surface area contributed by atoms with Crippen LogP contribution in [0.2, 0.25) is 0 Å². The first kappa shape index (κ1) is 20.0. The molecule has 1 unspecified atom stereocenters. The highest BCUT2D eigenvalue weighted by atomic mass is 16.5. The predicted molar refractivity (Wildman–Crippen MR) is 112 cm³/mol. The molecule has 0 spiro atoms. The SMILES string of the molecule is NCCc1c[nH]c2ccc(OCCCCC(Cc3ccccc3)C(=O)O)cc12. The molecule has 0 bridgehead atoms. The Balaban J connectivity index is 1.46. The lowest BCUT2D eigenvalue weighted by Gasteiger charge is -2.13. The van der Waals surface area contributed by atoms with Gasteiger partial charge in [0, 0.05) is 17.1 Å². The van der Waals surface area contributed by atoms with E-state index in [1.807, 2.05) is 54.7 Å². The molecule has 1 atom stereocenters. The van der Waals surface area contributed by atoms with Crippen LogP contribution in [0.4, 0.5) is 0 Å². The number of ether oxygens (including phenoxy) is 1. The largest absolute Gasteiger partial charge is 0.494 e. The number of fused-ring (bicyclic) bond motifs is 1. The number of aliphatic carboxylic acids is 1. The number of hydrogen-bond donors (Lipinski definition) is 3. The van der Waals surface area contributed by atoms with Gasteiger partial charge in [0.2, 0.25) is 0 Å². The van der Waals surface area contributed by atoms with Crippen molar-refractivity contribution in [3.05, 3.63) is 65.9 Å². The zero-order valence-electron chi connectivity index (χ0n) is 16.1. The minimum Gasteiger partial charge on any atom is -0.494 e. The monoisotopic (exact) mass is 380 g/mol. The van der Waals surface area contributed by atoms with Crippen molar-refractivity contribution in [1.82, 2.24) is 4.98 Å². The first-order chi connectivity index (χ1) is 13.7. The molecule has 0 amide bonds. The summed E-state index contributed by atoms with van der Waals surface area (Å²) in [5.74, 6) is -0.239. The van der Waals surface area contributed by atoms with Crippen LogP contribution < -0.4 is 10.5 Å². The number of nitrogens with two attached hydrogens (primary N) is 1. The number of aromatic amines is 1. The quantitative estimate of drug-likeness (QED) is 0.436. The molecule has 5 heteroatoms. The smallest absolute Gasteiger partial charge is 0.306 e. The summed E-state index contributed by atoms with van der Waals surface area (Å²) in [6, 6.07) is 15.8. The summed E-state index contributed by atoms with van der Waals surface area (Å²) in [6.45, 7) is 1.20. The van der Waals surface area contributed by atoms with Gasteiger partial charge in [-0.3, -0.25) is 4.79 Å². The minimum absolute atomic E-state index is 0.350. The van der Waals surface area contributed by atoms with Gasteiger partial charge in [0.1, 0.15) is 5.75 Å². The van der Waals surface area contributed by atoms with Crippen LogP contribution in [0.25, 0.3) is 10.9 Å². The summed E-state index contributed by atoms with van der Waals surface area (Å²) in [7, 11) is 0. The summed E-state index contributed by atoms with van der Waals surface area (Å²) in [4.78, 5) is 14.8. The molecule has 0 radical (unpaired) electrons. The summed E-state index contributed by atoms with van der Waals surface area (Å²) >= 11 is 0. The van der Waals surface area contributed by atoms with Gasteiger partial charge in [-0.05, 0) is 68.0 Å². The first-order valence-electron chi connectivity index (χ1n) is 9.87. The second-order valence-electron chi connectivity index (χ2n) is 7.13. The maximum atomic E-state index is 11.5. The van der Waals surface area contributed by atoms with Gasteiger partial charge in [-0.15, -0.1) is 0 Å². The molecule has 0 saturated carbocycles. The lowest BCUT2D eigenvalue weighted by Crippen LogP contribution is -2.16. The summed E-state index contributed by atoms with van der Waals surface area (Å²) in [6.07, 6.45) is 5.73. The second-order valence-corrected chi connectivity index (χ2v) is 7.13. The molecule has 1 heterocycles. The highest BCUT2D eigenvalue weighted by molar-refractivity contribution is 5.84. The number of rotatable bonds is 11. The molecule has 4 N–H and O–H groups in total. The van der Waals surface area contributed by atoms with Gasteiger partial charge >= 0.3 is 5.97 Å². The Morgan fingerprint density at radius 1 is 1.14 bits per heavy atom. The fourth-order valence-electron chi connectivity index (χ4n) is 3.50. The summed E-state index contributed by atoms with van der Waals surface area (Å²) in [5, 5.41) is 10.6. The maximum Gasteiger partial charge on any atom is 0.306 e. The Hall–Kier alpha value is -2.79. The van der Waals surface area contributed by atoms with Crippen LogP contribution in [-0.4, -0.2) is 29.2 Å². The van der Waals surface area contributed by atoms with E-state index in [0.717, 1.165) is 41.5 Å². The molecule has 3 aromatic rings. The zero-order valence-corrected chi connectivity index (χ0v) is 16.1. The topological polar surface area (TPSA) is 88.3 Å². The van der Waals surface area contributed by atoms with E-state index in [1.54, 1.807) is 0 Å². The van der Waals surface area contributed by atoms with Crippen LogP contribution in [0.1, 0.15) is 30.4 Å². The normalized spacial score (nSPS) is 12.2. The molecule has 0 saturated heterocycles. The van der Waals surface area contributed by atoms with Gasteiger partial charge < -0.3 is 20.6 Å². The fraction of sp³-hybridized carbons (Fsp3) is 0.348. The number of hydrogen-bond acceptors (Lipinski definition) is 3. The van der Waals surface area contributed by atoms with Gasteiger partial charge in [0.25, 0.3) is 0 Å². The number of carbonyl (C=O) groups is 1. The van der Waals surface area contributed by atoms with Crippen molar-refractivity contribution in [2.45, 2.75) is 32.1 Å². The lowest BCUT2D eigenvalue weighted by atomic mass is 9.94. The zero-order chi connectivity index (χ0) is 19.8. The highest BCUT2D eigenvalue weighted by Gasteiger charge is 2.17. The highest BCUT2D eigenvalue weighted by Crippen LogP contribution is 2.24. The molecule has 28 heavy (non-hydrogen) atoms. The number of aromatic nitrogens is 1. The Morgan fingerprint density at radius 2 is 1.96 bits per heavy atom. The Kier molecular flexibility index (Phi) is 7.09. The van der Waals surface area contributed by atoms with Crippen molar-refractivity contribution < 1.29 is 14.6 Å². The van der Waals surface area contributed by atoms with E-state index in [4.69, 9.17) is 10.5 Å². The molecular formula is C23H28N2O3. The van der Waals surface area contributed by atoms with Crippen LogP contribution in [0, 0.1) is 5.92 Å². The van der Waals surface area contributed by atoms with Crippen molar-refractivity contribution in [2.75, 3.05) is 13.2 Å². The number of H-pyrrole nitrogens is 1. The molecule has 0 aliphatic rings. The van der Waals surface area contributed by atoms with Gasteiger partial charge in [-0.25, -0.2) is 0 Å². The predicted octanol–water partition coefficient (Wildman–Crippen LogP) is 4.16. The molecule has 0 fully saturated rings. The van der Waals surface area contributed by atoms with Crippen molar-refractivity contribution in [3.8, 4) is 5.75 Å². The van der Waals surface area contributed by atoms with E-state index in [9.17, 15) is 9.90 Å². The lowest BCUT2D eigenvalue weighted by molar-refractivity contribution is -0.142. The van der Waals surface area contributed by atoms with Gasteiger partial charge in [-0.1, -0.05) is 30.3 Å². The third-order valence-corrected chi connectivity index (χ3v) is 5.04. The van der Waals surface area contributed by atoms with Gasteiger partial charge in [-0.2, -0.15) is 0 Å². The van der Waals surface area contributed by atoms with Gasteiger partial charge in [0.05, 0.1) is 12.5 Å². The van der Waals surface area contributed by atoms with Crippen molar-refractivity contribution >= 4 is 16.9 Å². The van der Waals surface area contributed by atoms with Crippen molar-refractivity contribution in [3.63, 3.8) is 0 Å². The fourth-order valence-corrected chi connectivity index (χ4v) is 3.50. The summed E-state index contributed by atoms with van der Waals surface area (Å²) in [5.41, 5.74) is 9.02. The Labute approximate surface area is 165 Å². The summed E-state index contributed by atoms with van der Waals surface area (Å²) < 4.78 is 5.88. The van der Waals surface area contributed by atoms with E-state index in [1.165, 1.54) is 5.56 Å². The van der Waals surface area contributed by atoms with Crippen LogP contribution >= 0.6 is 0 Å². The van der Waals surface area contributed by atoms with Crippen LogP contribution in [0.5, 0.6) is 5.75 Å². The number of unbranched alkanes of at least 4 members (excludes halogenated alkanes) is 1. The van der Waals surface area contributed by atoms with E-state index in [-0.39, 0.29) is 5.92 Å². The van der Waals surface area contributed by atoms with Crippen LogP contribution in [0.15, 0.2) is 54.7 Å². The van der Waals surface area contributed by atoms with E-state index in [2.05, 4.69) is 4.98 Å².